The van der Waals surface area contributed by atoms with Crippen LogP contribution >= 0.6 is 0 Å². The number of aryl methyl sites for hydroxylation is 4. The van der Waals surface area contributed by atoms with Crippen molar-refractivity contribution in [3.63, 3.8) is 0 Å². The number of hydrogen-bond acceptors (Lipinski definition) is 0. The molecule has 0 N–H and O–H groups in total. The third-order valence-electron chi connectivity index (χ3n) is 20.4. The molecule has 0 unspecified atom stereocenters. The van der Waals surface area contributed by atoms with E-state index in [1.54, 1.807) is 0 Å². The molecule has 4 heteroatoms. The first kappa shape index (κ1) is 83.6. The Labute approximate surface area is 718 Å². The maximum absolute atomic E-state index is 4.53. The predicted molar refractivity (Wildman–Crippen MR) is 498 cm³/mol. The summed E-state index contributed by atoms with van der Waals surface area (Å²) in [6.07, 6.45) is 15.6. The molecule has 0 radical (unpaired) electrons. The van der Waals surface area contributed by atoms with E-state index in [0.29, 0.717) is 0 Å². The summed E-state index contributed by atoms with van der Waals surface area (Å²) in [7, 11) is 2.72. The van der Waals surface area contributed by atoms with Crippen molar-refractivity contribution in [1.82, 2.24) is 0 Å². The van der Waals surface area contributed by atoms with Gasteiger partial charge in [0.1, 0.15) is 0 Å². The average molecular weight is 1650 g/mol. The van der Waals surface area contributed by atoms with Crippen LogP contribution in [0.25, 0.3) is 131 Å². The zero-order valence-corrected chi connectivity index (χ0v) is 73.1. The van der Waals surface area contributed by atoms with Gasteiger partial charge in [-0.2, -0.15) is 24.3 Å². The van der Waals surface area contributed by atoms with Crippen molar-refractivity contribution in [1.29, 1.82) is 0 Å². The van der Waals surface area contributed by atoms with Crippen LogP contribution in [0.15, 0.2) is 413 Å². The van der Waals surface area contributed by atoms with Gasteiger partial charge in [0.25, 0.3) is 0 Å². The van der Waals surface area contributed by atoms with Crippen molar-refractivity contribution in [2.75, 3.05) is 0 Å². The van der Waals surface area contributed by atoms with Gasteiger partial charge in [-0.1, -0.05) is 317 Å². The van der Waals surface area contributed by atoms with E-state index in [1.165, 1.54) is 195 Å². The first-order valence-electron chi connectivity index (χ1n) is 38.6. The van der Waals surface area contributed by atoms with Crippen LogP contribution < -0.4 is 0 Å². The summed E-state index contributed by atoms with van der Waals surface area (Å²) in [4.78, 5) is 0. The Kier molecular flexibility index (Phi) is 30.8. The molecule has 0 atom stereocenters. The molecule has 0 spiro atoms. The van der Waals surface area contributed by atoms with Gasteiger partial charge in [0.2, 0.25) is 0 Å². The summed E-state index contributed by atoms with van der Waals surface area (Å²) in [6, 6.07) is 147. The standard InChI is InChI=1S/2C21H17.2C20H15.2C13H11.2CH3Si.2Zr/c2*1-2-15-13-17-9-6-12-20(21(17)14-15)19-11-5-8-16-7-3-4-10-18(16)19;2*1-14-12-16-8-5-11-19(20(16)13-14)18-10-4-7-15-6-2-3-9-17(15)18;2*1-3-7-12(8-4-1)11-13-9-5-2-6-10-13;2*1-2;;/h2*3-14H,2H2,1H3;2*2-13H,1H3;2*1-11H;2*1H,2H2;;/q8*-1;2*+4. The van der Waals surface area contributed by atoms with Crippen LogP contribution in [0.2, 0.25) is 0 Å². The number of hydrogen-bond donors (Lipinski definition) is 0. The summed E-state index contributed by atoms with van der Waals surface area (Å²) in [5, 5.41) is 21.3. The van der Waals surface area contributed by atoms with E-state index >= 15 is 0 Å². The zero-order valence-electron chi connectivity index (χ0n) is 65.4. The first-order valence-corrected chi connectivity index (χ1v) is 40.2. The Bertz CT molecular complexity index is 5910. The topological polar surface area (TPSA) is 0 Å². The minimum Gasteiger partial charge on any atom is -0.533 e. The molecule has 0 aliphatic carbocycles. The Hall–Kier alpha value is -11.3. The zero-order chi connectivity index (χ0) is 77.4. The smallest absolute Gasteiger partial charge is 0.533 e. The monoisotopic (exact) mass is 1650 g/mol. The first-order chi connectivity index (χ1) is 55.3. The van der Waals surface area contributed by atoms with Gasteiger partial charge in [-0.3, -0.25) is 0 Å². The Morgan fingerprint density at radius 2 is 0.412 bits per heavy atom. The summed E-state index contributed by atoms with van der Waals surface area (Å²) >= 11 is 0. The summed E-state index contributed by atoms with van der Waals surface area (Å²) in [5.41, 5.74) is 21.1. The molecule has 0 heterocycles. The largest absolute Gasteiger partial charge is 4.00 e. The molecule has 0 saturated heterocycles. The van der Waals surface area contributed by atoms with Gasteiger partial charge in [0, 0.05) is 0 Å². The molecule has 0 saturated carbocycles. The van der Waals surface area contributed by atoms with Crippen LogP contribution in [0.5, 0.6) is 0 Å². The summed E-state index contributed by atoms with van der Waals surface area (Å²) in [6.45, 7) is 8.75. The van der Waals surface area contributed by atoms with Crippen molar-refractivity contribution in [2.45, 2.75) is 40.5 Å². The third kappa shape index (κ3) is 20.5. The summed E-state index contributed by atoms with van der Waals surface area (Å²) < 4.78 is 0. The van der Waals surface area contributed by atoms with E-state index in [1.807, 2.05) is 24.3 Å². The molecular weight excluding hydrogens is 1560 g/mol. The maximum atomic E-state index is 4.53. The van der Waals surface area contributed by atoms with E-state index in [9.17, 15) is 0 Å². The van der Waals surface area contributed by atoms with Gasteiger partial charge >= 0.3 is 52.4 Å². The second-order valence-electron chi connectivity index (χ2n) is 27.8. The second kappa shape index (κ2) is 42.0. The fourth-order valence-electron chi connectivity index (χ4n) is 15.1. The normalized spacial score (nSPS) is 10.4. The van der Waals surface area contributed by atoms with E-state index in [0.717, 1.165) is 12.8 Å². The Morgan fingerprint density at radius 1 is 0.219 bits per heavy atom. The SMILES string of the molecule is CCc1cc2c(-c3cccc4ccccc34)cccc2[cH-]1.CCc1cc2c(-c3cccc4ccccc34)cccc2[cH-]1.Cc1cc2c(-c3cccc4ccccc34)cccc2[cH-]1.Cc1cc2c(-c3cccc4ccccc34)cccc2[cH-]1.[CH-]=[SiH2].[CH-]=[SiH2].[Zr+4].[Zr+4].c1ccc([CH-]c2ccccc2)cc1.c1ccc([CH-]c2ccccc2)cc1. The van der Waals surface area contributed by atoms with Crippen molar-refractivity contribution < 1.29 is 52.4 Å². The third-order valence-corrected chi connectivity index (χ3v) is 20.4. The minimum absolute atomic E-state index is 0. The van der Waals surface area contributed by atoms with E-state index in [-0.39, 0.29) is 52.4 Å². The van der Waals surface area contributed by atoms with Crippen molar-refractivity contribution in [2.24, 2.45) is 0 Å². The molecule has 0 bridgehead atoms. The van der Waals surface area contributed by atoms with Crippen LogP contribution in [-0.4, -0.2) is 32.1 Å². The minimum atomic E-state index is 0. The van der Waals surface area contributed by atoms with Crippen LogP contribution in [0.4, 0.5) is 0 Å². The molecule has 20 aromatic carbocycles. The van der Waals surface area contributed by atoms with E-state index in [4.69, 9.17) is 0 Å². The molecule has 0 fully saturated rings. The second-order valence-corrected chi connectivity index (χ2v) is 27.8. The molecular formula is C110H92Si2Zr2. The van der Waals surface area contributed by atoms with Crippen LogP contribution in [-0.2, 0) is 65.2 Å². The quantitative estimate of drug-likeness (QED) is 0.0946. The number of rotatable bonds is 10. The van der Waals surface area contributed by atoms with Gasteiger partial charge < -0.3 is 12.3 Å². The van der Waals surface area contributed by atoms with Crippen molar-refractivity contribution in [3.8, 4) is 44.5 Å². The number of benzene rings is 16. The van der Waals surface area contributed by atoms with Gasteiger partial charge in [0.05, 0.1) is 0 Å². The fourth-order valence-corrected chi connectivity index (χ4v) is 15.1. The molecule has 0 amide bonds. The molecule has 114 heavy (non-hydrogen) atoms. The fraction of sp³-hybridized carbons (Fsp3) is 0.0545. The molecule has 0 aliphatic heterocycles. The van der Waals surface area contributed by atoms with Gasteiger partial charge in [-0.05, 0) is 78.2 Å². The summed E-state index contributed by atoms with van der Waals surface area (Å²) in [5.74, 6) is 0. The van der Waals surface area contributed by atoms with Crippen LogP contribution in [0.3, 0.4) is 0 Å². The molecule has 0 nitrogen and oxygen atoms in total. The van der Waals surface area contributed by atoms with Gasteiger partial charge in [0.15, 0.2) is 0 Å². The number of fused-ring (bicyclic) bond motifs is 8. The predicted octanol–water partition coefficient (Wildman–Crippen LogP) is 27.7. The van der Waals surface area contributed by atoms with Crippen LogP contribution in [0.1, 0.15) is 58.4 Å². The van der Waals surface area contributed by atoms with Crippen molar-refractivity contribution >= 4 is 118 Å². The average Bonchev–Trinajstić information content (AvgIpc) is 1.53. The van der Waals surface area contributed by atoms with E-state index < -0.39 is 0 Å². The van der Waals surface area contributed by atoms with Gasteiger partial charge in [-0.15, -0.1) is 222 Å². The molecule has 0 aliphatic rings. The van der Waals surface area contributed by atoms with E-state index in [2.05, 4.69) is 441 Å². The van der Waals surface area contributed by atoms with Crippen molar-refractivity contribution in [3.05, 3.63) is 470 Å². The molecule has 548 valence electrons. The molecule has 20 rings (SSSR count). The molecule has 20 aromatic rings. The maximum Gasteiger partial charge on any atom is 4.00 e. The van der Waals surface area contributed by atoms with Crippen LogP contribution in [0, 0.1) is 26.7 Å². The Balaban J connectivity index is 0.000000134. The Morgan fingerprint density at radius 3 is 0.658 bits per heavy atom. The molecule has 0 aromatic heterocycles. The van der Waals surface area contributed by atoms with Gasteiger partial charge in [-0.25, -0.2) is 19.7 Å².